The van der Waals surface area contributed by atoms with Crippen molar-refractivity contribution >= 4 is 16.9 Å². The molecule has 0 aliphatic heterocycles. The highest BCUT2D eigenvalue weighted by Crippen LogP contribution is 2.22. The van der Waals surface area contributed by atoms with E-state index in [1.165, 1.54) is 5.56 Å². The zero-order chi connectivity index (χ0) is 21.2. The van der Waals surface area contributed by atoms with Gasteiger partial charge in [0.1, 0.15) is 22.9 Å². The summed E-state index contributed by atoms with van der Waals surface area (Å²) in [5.41, 5.74) is 6.13. The monoisotopic (exact) mass is 412 g/mol. The minimum Gasteiger partial charge on any atom is -0.466 e. The van der Waals surface area contributed by atoms with Crippen molar-refractivity contribution in [3.63, 3.8) is 0 Å². The molecule has 156 valence electrons. The molecule has 0 spiro atoms. The molecule has 1 aromatic carbocycles. The first-order valence-corrected chi connectivity index (χ1v) is 10.3. The number of rotatable bonds is 7. The number of imidazole rings is 1. The summed E-state index contributed by atoms with van der Waals surface area (Å²) in [7, 11) is 1.93. The standard InChI is InChI=1S/C24H24N6O/c1-16-3-8-20(31-16)9-10-22-28-23-21(11-12-25-24(23)29-22)26-13-17-4-6-18(7-5-17)19-14-27-30(2)15-19/h3-8,11-12,14-15H,9-10,13H2,1-2H3,(H2,25,26,28,29). The highest BCUT2D eigenvalue weighted by molar-refractivity contribution is 5.85. The molecular formula is C24H24N6O. The van der Waals surface area contributed by atoms with Crippen molar-refractivity contribution in [3.8, 4) is 11.1 Å². The number of anilines is 1. The minimum absolute atomic E-state index is 0.715. The van der Waals surface area contributed by atoms with E-state index >= 15 is 0 Å². The number of benzene rings is 1. The van der Waals surface area contributed by atoms with Gasteiger partial charge >= 0.3 is 0 Å². The lowest BCUT2D eigenvalue weighted by molar-refractivity contribution is 0.481. The van der Waals surface area contributed by atoms with Crippen LogP contribution in [0.15, 0.2) is 65.5 Å². The molecule has 31 heavy (non-hydrogen) atoms. The van der Waals surface area contributed by atoms with E-state index in [0.29, 0.717) is 6.54 Å². The summed E-state index contributed by atoms with van der Waals surface area (Å²) in [5.74, 6) is 2.81. The fraction of sp³-hybridized carbons (Fsp3) is 0.208. The number of aromatic nitrogens is 5. The van der Waals surface area contributed by atoms with Crippen LogP contribution in [0.5, 0.6) is 0 Å². The van der Waals surface area contributed by atoms with Crippen molar-refractivity contribution in [2.24, 2.45) is 7.05 Å². The van der Waals surface area contributed by atoms with Crippen LogP contribution in [0.3, 0.4) is 0 Å². The van der Waals surface area contributed by atoms with Gasteiger partial charge in [-0.1, -0.05) is 24.3 Å². The number of H-pyrrole nitrogens is 1. The first kappa shape index (κ1) is 19.1. The maximum atomic E-state index is 5.65. The molecule has 0 fully saturated rings. The van der Waals surface area contributed by atoms with Gasteiger partial charge in [-0.2, -0.15) is 5.10 Å². The van der Waals surface area contributed by atoms with Crippen molar-refractivity contribution in [1.29, 1.82) is 0 Å². The van der Waals surface area contributed by atoms with E-state index in [1.807, 2.05) is 49.2 Å². The van der Waals surface area contributed by atoms with Crippen molar-refractivity contribution in [3.05, 3.63) is 84.0 Å². The molecule has 4 aromatic heterocycles. The highest BCUT2D eigenvalue weighted by atomic mass is 16.3. The Morgan fingerprint density at radius 1 is 1.03 bits per heavy atom. The smallest absolute Gasteiger partial charge is 0.179 e. The molecule has 2 N–H and O–H groups in total. The molecule has 0 bridgehead atoms. The van der Waals surface area contributed by atoms with E-state index in [9.17, 15) is 0 Å². The van der Waals surface area contributed by atoms with E-state index < -0.39 is 0 Å². The lowest BCUT2D eigenvalue weighted by Gasteiger charge is -2.08. The van der Waals surface area contributed by atoms with Crippen LogP contribution in [0.1, 0.15) is 22.9 Å². The minimum atomic E-state index is 0.715. The summed E-state index contributed by atoms with van der Waals surface area (Å²) in [6.07, 6.45) is 7.27. The molecule has 7 heteroatoms. The Labute approximate surface area is 180 Å². The van der Waals surface area contributed by atoms with Gasteiger partial charge in [-0.15, -0.1) is 0 Å². The number of nitrogens with one attached hydrogen (secondary N) is 2. The van der Waals surface area contributed by atoms with Crippen molar-refractivity contribution in [2.75, 3.05) is 5.32 Å². The number of hydrogen-bond acceptors (Lipinski definition) is 5. The summed E-state index contributed by atoms with van der Waals surface area (Å²) in [6, 6.07) is 14.5. The number of hydrogen-bond donors (Lipinski definition) is 2. The van der Waals surface area contributed by atoms with Crippen LogP contribution in [-0.4, -0.2) is 24.7 Å². The molecule has 5 rings (SSSR count). The Balaban J connectivity index is 1.27. The maximum absolute atomic E-state index is 5.65. The van der Waals surface area contributed by atoms with Crippen molar-refractivity contribution in [2.45, 2.75) is 26.3 Å². The second kappa shape index (κ2) is 8.10. The normalized spacial score (nSPS) is 11.3. The van der Waals surface area contributed by atoms with Gasteiger partial charge in [0.25, 0.3) is 0 Å². The van der Waals surface area contributed by atoms with Gasteiger partial charge in [0.05, 0.1) is 11.9 Å². The number of aromatic amines is 1. The Hall–Kier alpha value is -3.87. The first-order valence-electron chi connectivity index (χ1n) is 10.3. The maximum Gasteiger partial charge on any atom is 0.179 e. The zero-order valence-corrected chi connectivity index (χ0v) is 17.6. The van der Waals surface area contributed by atoms with Crippen LogP contribution in [0.2, 0.25) is 0 Å². The number of fused-ring (bicyclic) bond motifs is 1. The molecular weight excluding hydrogens is 388 g/mol. The fourth-order valence-electron chi connectivity index (χ4n) is 3.67. The Kier molecular flexibility index (Phi) is 5.00. The van der Waals surface area contributed by atoms with Gasteiger partial charge in [0.2, 0.25) is 0 Å². The number of nitrogens with zero attached hydrogens (tertiary/aromatic N) is 4. The molecule has 0 aliphatic carbocycles. The summed E-state index contributed by atoms with van der Waals surface area (Å²) in [6.45, 7) is 2.67. The van der Waals surface area contributed by atoms with E-state index in [0.717, 1.165) is 58.2 Å². The molecule has 5 aromatic rings. The average Bonchev–Trinajstić information content (AvgIpc) is 3.50. The van der Waals surface area contributed by atoms with Crippen LogP contribution in [0.4, 0.5) is 5.69 Å². The van der Waals surface area contributed by atoms with Gasteiger partial charge in [-0.05, 0) is 36.2 Å². The highest BCUT2D eigenvalue weighted by Gasteiger charge is 2.10. The Morgan fingerprint density at radius 2 is 1.90 bits per heavy atom. The topological polar surface area (TPSA) is 84.6 Å². The van der Waals surface area contributed by atoms with Gasteiger partial charge in [0.15, 0.2) is 5.65 Å². The third kappa shape index (κ3) is 4.21. The average molecular weight is 412 g/mol. The fourth-order valence-corrected chi connectivity index (χ4v) is 3.67. The van der Waals surface area contributed by atoms with E-state index in [1.54, 1.807) is 6.20 Å². The van der Waals surface area contributed by atoms with Crippen LogP contribution in [0.25, 0.3) is 22.3 Å². The van der Waals surface area contributed by atoms with Crippen LogP contribution < -0.4 is 5.32 Å². The number of furan rings is 1. The summed E-state index contributed by atoms with van der Waals surface area (Å²) in [5, 5.41) is 7.75. The first-order chi connectivity index (χ1) is 15.1. The third-order valence-corrected chi connectivity index (χ3v) is 5.32. The summed E-state index contributed by atoms with van der Waals surface area (Å²) < 4.78 is 7.47. The Bertz CT molecular complexity index is 1310. The zero-order valence-electron chi connectivity index (χ0n) is 17.6. The van der Waals surface area contributed by atoms with E-state index in [4.69, 9.17) is 4.42 Å². The predicted molar refractivity (Wildman–Crippen MR) is 121 cm³/mol. The molecule has 0 atom stereocenters. The number of pyridine rings is 1. The molecule has 7 nitrogen and oxygen atoms in total. The second-order valence-corrected chi connectivity index (χ2v) is 7.71. The van der Waals surface area contributed by atoms with Gasteiger partial charge in [-0.3, -0.25) is 4.68 Å². The summed E-state index contributed by atoms with van der Waals surface area (Å²) >= 11 is 0. The number of aryl methyl sites for hydroxylation is 4. The molecule has 0 aliphatic rings. The second-order valence-electron chi connectivity index (χ2n) is 7.71. The van der Waals surface area contributed by atoms with Crippen LogP contribution in [0, 0.1) is 6.92 Å². The molecule has 0 radical (unpaired) electrons. The van der Waals surface area contributed by atoms with Crippen LogP contribution >= 0.6 is 0 Å². The van der Waals surface area contributed by atoms with Crippen molar-refractivity contribution < 1.29 is 4.42 Å². The predicted octanol–water partition coefficient (Wildman–Crippen LogP) is 4.66. The molecule has 4 heterocycles. The van der Waals surface area contributed by atoms with Crippen LogP contribution in [-0.2, 0) is 26.4 Å². The van der Waals surface area contributed by atoms with Gasteiger partial charge in [-0.25, -0.2) is 9.97 Å². The molecule has 0 saturated carbocycles. The van der Waals surface area contributed by atoms with E-state index in [-0.39, 0.29) is 0 Å². The van der Waals surface area contributed by atoms with Gasteiger partial charge in [0, 0.05) is 44.4 Å². The van der Waals surface area contributed by atoms with Crippen molar-refractivity contribution in [1.82, 2.24) is 24.7 Å². The SMILES string of the molecule is Cc1ccc(CCc2nc3nccc(NCc4ccc(-c5cnn(C)c5)cc4)c3[nH]2)o1. The largest absolute Gasteiger partial charge is 0.466 e. The summed E-state index contributed by atoms with van der Waals surface area (Å²) in [4.78, 5) is 12.5. The molecule has 0 unspecified atom stereocenters. The molecule has 0 amide bonds. The van der Waals surface area contributed by atoms with E-state index in [2.05, 4.69) is 49.6 Å². The quantitative estimate of drug-likeness (QED) is 0.406. The third-order valence-electron chi connectivity index (χ3n) is 5.32. The van der Waals surface area contributed by atoms with Gasteiger partial charge < -0.3 is 14.7 Å². The molecule has 0 saturated heterocycles. The lowest BCUT2D eigenvalue weighted by Crippen LogP contribution is -2.00. The Morgan fingerprint density at radius 3 is 2.65 bits per heavy atom. The lowest BCUT2D eigenvalue weighted by atomic mass is 10.1.